The summed E-state index contributed by atoms with van der Waals surface area (Å²) in [5.74, 6) is 0. The average molecular weight is 372 g/mol. The van der Waals surface area contributed by atoms with Gasteiger partial charge in [-0.25, -0.2) is 0 Å². The molecule has 0 saturated heterocycles. The average Bonchev–Trinajstić information content (AvgIpc) is 2.95. The lowest BCUT2D eigenvalue weighted by molar-refractivity contribution is 0.911. The molecular weight excluding hydrogens is 360 g/mol. The van der Waals surface area contributed by atoms with E-state index in [0.29, 0.717) is 4.83 Å². The van der Waals surface area contributed by atoms with Crippen LogP contribution in [0.5, 0.6) is 0 Å². The predicted molar refractivity (Wildman–Crippen MR) is 81.3 cm³/mol. The van der Waals surface area contributed by atoms with Gasteiger partial charge in [0.1, 0.15) is 0 Å². The summed E-state index contributed by atoms with van der Waals surface area (Å²) >= 11 is 9.21. The highest BCUT2D eigenvalue weighted by molar-refractivity contribution is 9.11. The number of hydrogen-bond acceptors (Lipinski definition) is 1. The van der Waals surface area contributed by atoms with Crippen molar-refractivity contribution in [3.05, 3.63) is 55.7 Å². The minimum atomic E-state index is 0.308. The molecule has 0 spiro atoms. The Labute approximate surface area is 122 Å². The Kier molecular flexibility index (Phi) is 3.42. The van der Waals surface area contributed by atoms with Crippen molar-refractivity contribution in [1.82, 2.24) is 0 Å². The molecule has 3 rings (SSSR count). The zero-order valence-corrected chi connectivity index (χ0v) is 13.2. The summed E-state index contributed by atoms with van der Waals surface area (Å²) in [6.07, 6.45) is 3.81. The number of halogens is 2. The van der Waals surface area contributed by atoms with Crippen molar-refractivity contribution in [2.24, 2.45) is 0 Å². The van der Waals surface area contributed by atoms with Gasteiger partial charge in [0.25, 0.3) is 0 Å². The van der Waals surface area contributed by atoms with Crippen LogP contribution in [0.15, 0.2) is 34.1 Å². The molecule has 2 aromatic rings. The molecule has 0 fully saturated rings. The number of thiophene rings is 1. The molecule has 1 unspecified atom stereocenters. The van der Waals surface area contributed by atoms with Gasteiger partial charge >= 0.3 is 0 Å². The molecular formula is C14H12Br2S. The second-order valence-corrected chi connectivity index (χ2v) is 7.09. The molecule has 1 aromatic heterocycles. The molecule has 0 N–H and O–H groups in total. The van der Waals surface area contributed by atoms with Crippen molar-refractivity contribution in [1.29, 1.82) is 0 Å². The first-order valence-corrected chi connectivity index (χ1v) is 8.33. The van der Waals surface area contributed by atoms with Gasteiger partial charge in [0.2, 0.25) is 0 Å². The number of rotatable bonds is 2. The summed E-state index contributed by atoms with van der Waals surface area (Å²) in [5, 5.41) is 2.13. The molecule has 1 aromatic carbocycles. The van der Waals surface area contributed by atoms with Crippen LogP contribution in [0.4, 0.5) is 0 Å². The van der Waals surface area contributed by atoms with Crippen LogP contribution in [0.2, 0.25) is 0 Å². The fourth-order valence-electron chi connectivity index (χ4n) is 2.39. The number of aryl methyl sites for hydroxylation is 2. The van der Waals surface area contributed by atoms with Crippen LogP contribution in [0.25, 0.3) is 0 Å². The first-order chi connectivity index (χ1) is 8.25. The Balaban J connectivity index is 1.97. The SMILES string of the molecule is Brc1ccsc1C(Br)c1ccc2c(c1)CCC2. The summed E-state index contributed by atoms with van der Waals surface area (Å²) < 4.78 is 1.20. The van der Waals surface area contributed by atoms with Gasteiger partial charge in [-0.15, -0.1) is 11.3 Å². The normalized spacial score (nSPS) is 15.9. The van der Waals surface area contributed by atoms with Gasteiger partial charge < -0.3 is 0 Å². The van der Waals surface area contributed by atoms with Crippen molar-refractivity contribution >= 4 is 43.2 Å². The van der Waals surface area contributed by atoms with E-state index in [9.17, 15) is 0 Å². The van der Waals surface area contributed by atoms with E-state index in [4.69, 9.17) is 0 Å². The fraction of sp³-hybridized carbons (Fsp3) is 0.286. The second-order valence-electron chi connectivity index (χ2n) is 4.38. The van der Waals surface area contributed by atoms with E-state index in [1.165, 1.54) is 34.2 Å². The maximum atomic E-state index is 3.81. The van der Waals surface area contributed by atoms with Gasteiger partial charge in [-0.05, 0) is 63.3 Å². The Morgan fingerprint density at radius 1 is 1.12 bits per heavy atom. The molecule has 1 atom stereocenters. The monoisotopic (exact) mass is 370 g/mol. The van der Waals surface area contributed by atoms with Crippen molar-refractivity contribution in [2.75, 3.05) is 0 Å². The number of alkyl halides is 1. The topological polar surface area (TPSA) is 0 Å². The zero-order chi connectivity index (χ0) is 11.8. The molecule has 0 saturated carbocycles. The molecule has 88 valence electrons. The van der Waals surface area contributed by atoms with Crippen LogP contribution in [-0.2, 0) is 12.8 Å². The smallest absolute Gasteiger partial charge is 0.0749 e. The summed E-state index contributed by atoms with van der Waals surface area (Å²) in [4.78, 5) is 1.66. The van der Waals surface area contributed by atoms with Crippen molar-refractivity contribution < 1.29 is 0 Å². The van der Waals surface area contributed by atoms with Crippen LogP contribution >= 0.6 is 43.2 Å². The highest BCUT2D eigenvalue weighted by Crippen LogP contribution is 2.40. The zero-order valence-electron chi connectivity index (χ0n) is 9.25. The Hall–Kier alpha value is -0.120. The largest absolute Gasteiger partial charge is 0.146 e. The summed E-state index contributed by atoms with van der Waals surface area (Å²) in [6, 6.07) is 9.04. The first-order valence-electron chi connectivity index (χ1n) is 5.74. The predicted octanol–water partition coefficient (Wildman–Crippen LogP) is 5.48. The third-order valence-electron chi connectivity index (χ3n) is 3.29. The van der Waals surface area contributed by atoms with Gasteiger partial charge in [-0.3, -0.25) is 0 Å². The highest BCUT2D eigenvalue weighted by atomic mass is 79.9. The molecule has 3 heteroatoms. The van der Waals surface area contributed by atoms with Gasteiger partial charge in [-0.2, -0.15) is 0 Å². The summed E-state index contributed by atoms with van der Waals surface area (Å²) in [6.45, 7) is 0. The van der Waals surface area contributed by atoms with Crippen LogP contribution in [0, 0.1) is 0 Å². The summed E-state index contributed by atoms with van der Waals surface area (Å²) in [7, 11) is 0. The van der Waals surface area contributed by atoms with Crippen LogP contribution in [-0.4, -0.2) is 0 Å². The van der Waals surface area contributed by atoms with E-state index >= 15 is 0 Å². The fourth-order valence-corrected chi connectivity index (χ4v) is 5.15. The lowest BCUT2D eigenvalue weighted by Crippen LogP contribution is -1.93. The number of benzene rings is 1. The molecule has 1 aliphatic carbocycles. The van der Waals surface area contributed by atoms with Crippen molar-refractivity contribution in [2.45, 2.75) is 24.1 Å². The quantitative estimate of drug-likeness (QED) is 0.613. The molecule has 0 amide bonds. The molecule has 1 heterocycles. The third kappa shape index (κ3) is 2.25. The van der Waals surface area contributed by atoms with E-state index in [0.717, 1.165) is 0 Å². The Bertz CT molecular complexity index is 545. The van der Waals surface area contributed by atoms with Gasteiger partial charge in [-0.1, -0.05) is 34.1 Å². The van der Waals surface area contributed by atoms with Gasteiger partial charge in [0.15, 0.2) is 0 Å². The Morgan fingerprint density at radius 2 is 1.94 bits per heavy atom. The minimum Gasteiger partial charge on any atom is -0.146 e. The highest BCUT2D eigenvalue weighted by Gasteiger charge is 2.18. The van der Waals surface area contributed by atoms with Crippen molar-refractivity contribution in [3.8, 4) is 0 Å². The summed E-state index contributed by atoms with van der Waals surface area (Å²) in [5.41, 5.74) is 4.45. The van der Waals surface area contributed by atoms with E-state index in [-0.39, 0.29) is 0 Å². The maximum absolute atomic E-state index is 3.81. The lowest BCUT2D eigenvalue weighted by atomic mass is 10.0. The second kappa shape index (κ2) is 4.87. The number of fused-ring (bicyclic) bond motifs is 1. The van der Waals surface area contributed by atoms with Gasteiger partial charge in [0, 0.05) is 9.35 Å². The van der Waals surface area contributed by atoms with Crippen molar-refractivity contribution in [3.63, 3.8) is 0 Å². The van der Waals surface area contributed by atoms with E-state index in [1.54, 1.807) is 22.5 Å². The van der Waals surface area contributed by atoms with E-state index < -0.39 is 0 Å². The molecule has 0 bridgehead atoms. The third-order valence-corrected chi connectivity index (χ3v) is 6.52. The van der Waals surface area contributed by atoms with Crippen LogP contribution in [0.3, 0.4) is 0 Å². The minimum absolute atomic E-state index is 0.308. The molecule has 0 nitrogen and oxygen atoms in total. The standard InChI is InChI=1S/C14H12Br2S/c15-12-6-7-17-14(12)13(16)11-5-4-9-2-1-3-10(9)8-11/h4-8,13H,1-3H2. The Morgan fingerprint density at radius 3 is 2.71 bits per heavy atom. The maximum Gasteiger partial charge on any atom is 0.0749 e. The van der Waals surface area contributed by atoms with Gasteiger partial charge in [0.05, 0.1) is 4.83 Å². The van der Waals surface area contributed by atoms with E-state index in [2.05, 4.69) is 61.5 Å². The molecule has 17 heavy (non-hydrogen) atoms. The molecule has 0 aliphatic heterocycles. The lowest BCUT2D eigenvalue weighted by Gasteiger charge is -2.11. The van der Waals surface area contributed by atoms with E-state index in [1.807, 2.05) is 0 Å². The van der Waals surface area contributed by atoms with Crippen LogP contribution < -0.4 is 0 Å². The number of hydrogen-bond donors (Lipinski definition) is 0. The first kappa shape index (κ1) is 11.9. The van der Waals surface area contributed by atoms with Crippen LogP contribution in [0.1, 0.15) is 32.8 Å². The molecule has 0 radical (unpaired) electrons. The molecule has 1 aliphatic rings.